The van der Waals surface area contributed by atoms with E-state index in [0.29, 0.717) is 32.1 Å². The summed E-state index contributed by atoms with van der Waals surface area (Å²) in [6, 6.07) is 16.4. The van der Waals surface area contributed by atoms with Crippen LogP contribution in [-0.2, 0) is 14.8 Å². The molecule has 2 aromatic carbocycles. The van der Waals surface area contributed by atoms with Gasteiger partial charge in [-0.1, -0.05) is 30.3 Å². The number of ether oxygens (including phenoxy) is 2. The van der Waals surface area contributed by atoms with Gasteiger partial charge in [-0.3, -0.25) is 4.90 Å². The van der Waals surface area contributed by atoms with Crippen LogP contribution in [0.25, 0.3) is 0 Å². The zero-order valence-corrected chi connectivity index (χ0v) is 16.3. The molecule has 1 fully saturated rings. The van der Waals surface area contributed by atoms with Gasteiger partial charge in [0.2, 0.25) is 10.0 Å². The highest BCUT2D eigenvalue weighted by Crippen LogP contribution is 2.22. The van der Waals surface area contributed by atoms with Crippen LogP contribution in [0.15, 0.2) is 59.5 Å². The third-order valence-electron chi connectivity index (χ3n) is 4.58. The van der Waals surface area contributed by atoms with E-state index >= 15 is 0 Å². The van der Waals surface area contributed by atoms with Crippen LogP contribution in [0.2, 0.25) is 0 Å². The molecule has 0 spiro atoms. The quantitative estimate of drug-likeness (QED) is 0.750. The van der Waals surface area contributed by atoms with Crippen molar-refractivity contribution in [1.29, 1.82) is 0 Å². The Morgan fingerprint density at radius 1 is 1.07 bits per heavy atom. The number of benzene rings is 2. The SMILES string of the molecule is CCOc1ccc(S(=O)(=O)NCC(c2ccccc2)N2CCOCC2)cc1. The number of nitrogens with one attached hydrogen (secondary N) is 1. The normalized spacial score (nSPS) is 16.8. The minimum absolute atomic E-state index is 0.0347. The van der Waals surface area contributed by atoms with Crippen LogP contribution in [0.5, 0.6) is 5.75 Å². The van der Waals surface area contributed by atoms with E-state index in [-0.39, 0.29) is 10.9 Å². The van der Waals surface area contributed by atoms with Crippen molar-refractivity contribution in [3.05, 3.63) is 60.2 Å². The Morgan fingerprint density at radius 2 is 1.74 bits per heavy atom. The summed E-state index contributed by atoms with van der Waals surface area (Å²) in [4.78, 5) is 2.50. The first-order chi connectivity index (χ1) is 13.1. The van der Waals surface area contributed by atoms with E-state index in [1.54, 1.807) is 24.3 Å². The molecule has 1 N–H and O–H groups in total. The Balaban J connectivity index is 1.73. The van der Waals surface area contributed by atoms with Crippen molar-refractivity contribution in [2.75, 3.05) is 39.5 Å². The lowest BCUT2D eigenvalue weighted by atomic mass is 10.1. The van der Waals surface area contributed by atoms with Gasteiger partial charge in [0.25, 0.3) is 0 Å². The van der Waals surface area contributed by atoms with Crippen molar-refractivity contribution in [3.8, 4) is 5.75 Å². The minimum atomic E-state index is -3.60. The molecule has 1 aliphatic heterocycles. The molecule has 6 nitrogen and oxygen atoms in total. The molecule has 1 unspecified atom stereocenters. The van der Waals surface area contributed by atoms with Crippen LogP contribution in [0.4, 0.5) is 0 Å². The Bertz CT molecular complexity index is 804. The number of hydrogen-bond donors (Lipinski definition) is 1. The highest BCUT2D eigenvalue weighted by atomic mass is 32.2. The smallest absolute Gasteiger partial charge is 0.240 e. The third-order valence-corrected chi connectivity index (χ3v) is 6.02. The number of morpholine rings is 1. The molecule has 1 saturated heterocycles. The first-order valence-corrected chi connectivity index (χ1v) is 10.7. The number of hydrogen-bond acceptors (Lipinski definition) is 5. The predicted molar refractivity (Wildman–Crippen MR) is 104 cm³/mol. The lowest BCUT2D eigenvalue weighted by molar-refractivity contribution is 0.0172. The summed E-state index contributed by atoms with van der Waals surface area (Å²) in [5.74, 6) is 0.659. The van der Waals surface area contributed by atoms with Crippen LogP contribution >= 0.6 is 0 Å². The predicted octanol–water partition coefficient (Wildman–Crippen LogP) is 2.44. The molecule has 0 saturated carbocycles. The maximum atomic E-state index is 12.7. The van der Waals surface area contributed by atoms with Gasteiger partial charge in [-0.15, -0.1) is 0 Å². The van der Waals surface area contributed by atoms with Crippen molar-refractivity contribution in [2.24, 2.45) is 0 Å². The molecule has 3 rings (SSSR count). The minimum Gasteiger partial charge on any atom is -0.494 e. The first-order valence-electron chi connectivity index (χ1n) is 9.19. The van der Waals surface area contributed by atoms with Gasteiger partial charge in [-0.25, -0.2) is 13.1 Å². The molecule has 1 atom stereocenters. The molecule has 27 heavy (non-hydrogen) atoms. The van der Waals surface area contributed by atoms with Crippen molar-refractivity contribution in [1.82, 2.24) is 9.62 Å². The Labute approximate surface area is 161 Å². The molecule has 1 heterocycles. The number of rotatable bonds is 8. The second kappa shape index (κ2) is 9.32. The molecule has 0 bridgehead atoms. The highest BCUT2D eigenvalue weighted by Gasteiger charge is 2.25. The number of sulfonamides is 1. The Morgan fingerprint density at radius 3 is 2.37 bits per heavy atom. The average Bonchev–Trinajstić information content (AvgIpc) is 2.70. The van der Waals surface area contributed by atoms with Crippen molar-refractivity contribution in [2.45, 2.75) is 17.9 Å². The number of nitrogens with zero attached hydrogens (tertiary/aromatic N) is 1. The Hall–Kier alpha value is -1.93. The van der Waals surface area contributed by atoms with Crippen molar-refractivity contribution in [3.63, 3.8) is 0 Å². The molecule has 0 amide bonds. The average molecular weight is 391 g/mol. The summed E-state index contributed by atoms with van der Waals surface area (Å²) in [6.07, 6.45) is 0. The van der Waals surface area contributed by atoms with Gasteiger partial charge in [-0.2, -0.15) is 0 Å². The highest BCUT2D eigenvalue weighted by molar-refractivity contribution is 7.89. The monoisotopic (exact) mass is 390 g/mol. The van der Waals surface area contributed by atoms with Crippen molar-refractivity contribution >= 4 is 10.0 Å². The topological polar surface area (TPSA) is 67.9 Å². The van der Waals surface area contributed by atoms with Gasteiger partial charge in [0.05, 0.1) is 24.7 Å². The van der Waals surface area contributed by atoms with E-state index in [1.807, 2.05) is 37.3 Å². The van der Waals surface area contributed by atoms with Crippen LogP contribution in [0.1, 0.15) is 18.5 Å². The lowest BCUT2D eigenvalue weighted by Crippen LogP contribution is -2.43. The van der Waals surface area contributed by atoms with Crippen molar-refractivity contribution < 1.29 is 17.9 Å². The van der Waals surface area contributed by atoms with E-state index in [9.17, 15) is 8.42 Å². The maximum absolute atomic E-state index is 12.7. The van der Waals surface area contributed by atoms with Crippen LogP contribution in [-0.4, -0.2) is 52.8 Å². The molecule has 7 heteroatoms. The maximum Gasteiger partial charge on any atom is 0.240 e. The molecule has 0 aliphatic carbocycles. The standard InChI is InChI=1S/C20H26N2O4S/c1-2-26-18-8-10-19(11-9-18)27(23,24)21-16-20(17-6-4-3-5-7-17)22-12-14-25-15-13-22/h3-11,20-21H,2,12-16H2,1H3. The Kier molecular flexibility index (Phi) is 6.84. The molecule has 1 aliphatic rings. The molecular formula is C20H26N2O4S. The summed E-state index contributed by atoms with van der Waals surface area (Å²) < 4.78 is 39.0. The van der Waals surface area contributed by atoms with E-state index in [2.05, 4.69) is 9.62 Å². The lowest BCUT2D eigenvalue weighted by Gasteiger charge is -2.34. The van der Waals surface area contributed by atoms with E-state index in [1.165, 1.54) is 0 Å². The van der Waals surface area contributed by atoms with Crippen LogP contribution in [0, 0.1) is 0 Å². The molecule has 0 radical (unpaired) electrons. The summed E-state index contributed by atoms with van der Waals surface area (Å²) in [5, 5.41) is 0. The zero-order valence-electron chi connectivity index (χ0n) is 15.5. The van der Waals surface area contributed by atoms with Crippen LogP contribution < -0.4 is 9.46 Å². The summed E-state index contributed by atoms with van der Waals surface area (Å²) in [7, 11) is -3.60. The second-order valence-corrected chi connectivity index (χ2v) is 8.10. The fraction of sp³-hybridized carbons (Fsp3) is 0.400. The van der Waals surface area contributed by atoms with E-state index in [4.69, 9.17) is 9.47 Å². The molecular weight excluding hydrogens is 364 g/mol. The second-order valence-electron chi connectivity index (χ2n) is 6.33. The van der Waals surface area contributed by atoms with Gasteiger partial charge < -0.3 is 9.47 Å². The summed E-state index contributed by atoms with van der Waals surface area (Å²) in [5.41, 5.74) is 1.09. The van der Waals surface area contributed by atoms with Gasteiger partial charge in [0.1, 0.15) is 5.75 Å². The molecule has 0 aromatic heterocycles. The molecule has 146 valence electrons. The van der Waals surface area contributed by atoms with E-state index < -0.39 is 10.0 Å². The molecule has 2 aromatic rings. The van der Waals surface area contributed by atoms with Gasteiger partial charge in [-0.05, 0) is 36.8 Å². The van der Waals surface area contributed by atoms with Gasteiger partial charge in [0, 0.05) is 25.7 Å². The largest absolute Gasteiger partial charge is 0.494 e. The van der Waals surface area contributed by atoms with Gasteiger partial charge in [0.15, 0.2) is 0 Å². The van der Waals surface area contributed by atoms with Gasteiger partial charge >= 0.3 is 0 Å². The fourth-order valence-electron chi connectivity index (χ4n) is 3.18. The summed E-state index contributed by atoms with van der Waals surface area (Å²) in [6.45, 7) is 5.63. The first kappa shape index (κ1) is 19.8. The fourth-order valence-corrected chi connectivity index (χ4v) is 4.21. The summed E-state index contributed by atoms with van der Waals surface area (Å²) >= 11 is 0. The van der Waals surface area contributed by atoms with E-state index in [0.717, 1.165) is 18.7 Å². The zero-order chi connectivity index (χ0) is 19.1. The van der Waals surface area contributed by atoms with Crippen LogP contribution in [0.3, 0.4) is 0 Å². The third kappa shape index (κ3) is 5.29.